The Kier molecular flexibility index (Phi) is 5.14. The second kappa shape index (κ2) is 7.14. The molecule has 0 N–H and O–H groups in total. The molecule has 1 amide bonds. The number of nitrogens with zero attached hydrogens (tertiary/aromatic N) is 2. The maximum atomic E-state index is 12.7. The van der Waals surface area contributed by atoms with Crippen molar-refractivity contribution in [2.45, 2.75) is 44.1 Å². The van der Waals surface area contributed by atoms with Crippen LogP contribution in [-0.2, 0) is 11.2 Å². The molecular weight excluding hydrogens is 300 g/mol. The van der Waals surface area contributed by atoms with E-state index in [1.54, 1.807) is 7.11 Å². The first-order chi connectivity index (χ1) is 11.5. The van der Waals surface area contributed by atoms with Crippen molar-refractivity contribution in [1.29, 1.82) is 0 Å². The number of hydrogen-bond acceptors (Lipinski definition) is 3. The Morgan fingerprint density at radius 2 is 2.00 bits per heavy atom. The van der Waals surface area contributed by atoms with Gasteiger partial charge in [-0.2, -0.15) is 0 Å². The number of likely N-dealkylation sites (tertiary alicyclic amines) is 1. The zero-order valence-electron chi connectivity index (χ0n) is 15.3. The quantitative estimate of drug-likeness (QED) is 0.804. The van der Waals surface area contributed by atoms with Crippen LogP contribution < -0.4 is 4.74 Å². The van der Waals surface area contributed by atoms with Gasteiger partial charge < -0.3 is 14.5 Å². The molecule has 132 valence electrons. The number of hydrogen-bond donors (Lipinski definition) is 0. The predicted molar refractivity (Wildman–Crippen MR) is 96.3 cm³/mol. The van der Waals surface area contributed by atoms with Crippen LogP contribution in [0.1, 0.15) is 37.7 Å². The highest BCUT2D eigenvalue weighted by atomic mass is 16.5. The monoisotopic (exact) mass is 330 g/mol. The van der Waals surface area contributed by atoms with Gasteiger partial charge in [0.15, 0.2) is 0 Å². The van der Waals surface area contributed by atoms with Crippen molar-refractivity contribution in [3.8, 4) is 5.75 Å². The molecule has 24 heavy (non-hydrogen) atoms. The fraction of sp³-hybridized carbons (Fsp3) is 0.650. The van der Waals surface area contributed by atoms with Crippen molar-refractivity contribution in [3.63, 3.8) is 0 Å². The van der Waals surface area contributed by atoms with Crippen molar-refractivity contribution in [2.75, 3.05) is 34.3 Å². The number of ether oxygens (including phenoxy) is 1. The van der Waals surface area contributed by atoms with Gasteiger partial charge in [0.1, 0.15) is 5.75 Å². The third-order valence-electron chi connectivity index (χ3n) is 5.85. The average molecular weight is 330 g/mol. The molecule has 1 heterocycles. The summed E-state index contributed by atoms with van der Waals surface area (Å²) in [6.45, 7) is 1.77. The summed E-state index contributed by atoms with van der Waals surface area (Å²) in [5.41, 5.74) is 1.33. The molecule has 2 aliphatic rings. The molecule has 0 atom stereocenters. The lowest BCUT2D eigenvalue weighted by molar-refractivity contribution is -0.133. The number of carbonyl (C=O) groups excluding carboxylic acids is 1. The maximum Gasteiger partial charge on any atom is 0.226 e. The molecule has 0 bridgehead atoms. The normalized spacial score (nSPS) is 20.2. The van der Waals surface area contributed by atoms with E-state index in [2.05, 4.69) is 19.0 Å². The Balaban J connectivity index is 1.57. The van der Waals surface area contributed by atoms with Crippen molar-refractivity contribution >= 4 is 5.91 Å². The molecule has 1 aliphatic heterocycles. The van der Waals surface area contributed by atoms with Gasteiger partial charge in [0, 0.05) is 18.6 Å². The molecule has 0 radical (unpaired) electrons. The fourth-order valence-corrected chi connectivity index (χ4v) is 3.93. The van der Waals surface area contributed by atoms with Crippen molar-refractivity contribution in [2.24, 2.45) is 5.92 Å². The fourth-order valence-electron chi connectivity index (χ4n) is 3.93. The van der Waals surface area contributed by atoms with Gasteiger partial charge in [0.2, 0.25) is 5.91 Å². The third-order valence-corrected chi connectivity index (χ3v) is 5.85. The van der Waals surface area contributed by atoms with Crippen molar-refractivity contribution < 1.29 is 9.53 Å². The number of benzene rings is 1. The zero-order chi connectivity index (χ0) is 17.2. The molecule has 0 spiro atoms. The first kappa shape index (κ1) is 17.3. The van der Waals surface area contributed by atoms with E-state index in [1.165, 1.54) is 19.3 Å². The smallest absolute Gasteiger partial charge is 0.226 e. The number of rotatable bonds is 6. The molecule has 4 nitrogen and oxygen atoms in total. The topological polar surface area (TPSA) is 32.8 Å². The van der Waals surface area contributed by atoms with Gasteiger partial charge in [-0.3, -0.25) is 4.79 Å². The first-order valence-electron chi connectivity index (χ1n) is 9.10. The van der Waals surface area contributed by atoms with Crippen LogP contribution in [0.3, 0.4) is 0 Å². The van der Waals surface area contributed by atoms with Crippen LogP contribution in [0, 0.1) is 5.92 Å². The maximum absolute atomic E-state index is 12.7. The zero-order valence-corrected chi connectivity index (χ0v) is 15.3. The van der Waals surface area contributed by atoms with Crippen molar-refractivity contribution in [3.05, 3.63) is 29.8 Å². The highest BCUT2D eigenvalue weighted by molar-refractivity contribution is 5.79. The minimum absolute atomic E-state index is 0.238. The predicted octanol–water partition coefficient (Wildman–Crippen LogP) is 2.96. The second-order valence-corrected chi connectivity index (χ2v) is 7.68. The number of methoxy groups -OCH3 is 1. The Hall–Kier alpha value is -1.55. The van der Waals surface area contributed by atoms with Gasteiger partial charge in [-0.1, -0.05) is 25.0 Å². The average Bonchev–Trinajstić information content (AvgIpc) is 3.39. The Morgan fingerprint density at radius 1 is 1.29 bits per heavy atom. The van der Waals surface area contributed by atoms with Gasteiger partial charge in [-0.25, -0.2) is 0 Å². The molecule has 1 aliphatic carbocycles. The molecule has 1 saturated heterocycles. The number of amides is 1. The highest BCUT2D eigenvalue weighted by Crippen LogP contribution is 2.42. The van der Waals surface area contributed by atoms with Crippen LogP contribution in [0.2, 0.25) is 0 Å². The van der Waals surface area contributed by atoms with E-state index in [1.807, 2.05) is 29.2 Å². The Morgan fingerprint density at radius 3 is 2.58 bits per heavy atom. The lowest BCUT2D eigenvalue weighted by atomic mass is 9.81. The summed E-state index contributed by atoms with van der Waals surface area (Å²) in [4.78, 5) is 17.1. The summed E-state index contributed by atoms with van der Waals surface area (Å²) in [7, 11) is 6.07. The molecule has 1 aromatic rings. The molecule has 1 aromatic carbocycles. The summed E-state index contributed by atoms with van der Waals surface area (Å²) >= 11 is 0. The van der Waals surface area contributed by atoms with Crippen molar-refractivity contribution in [1.82, 2.24) is 9.80 Å². The second-order valence-electron chi connectivity index (χ2n) is 7.68. The van der Waals surface area contributed by atoms with E-state index in [0.717, 1.165) is 43.2 Å². The third kappa shape index (κ3) is 3.92. The first-order valence-corrected chi connectivity index (χ1v) is 9.10. The number of carbonyl (C=O) groups is 1. The van der Waals surface area contributed by atoms with Gasteiger partial charge in [-0.05, 0) is 57.0 Å². The van der Waals surface area contributed by atoms with E-state index in [9.17, 15) is 4.79 Å². The standard InChI is InChI=1S/C20H30N2O2/c1-21(2)20(15-16-7-8-16)9-11-22(12-10-20)19(23)14-17-5-4-6-18(13-17)24-3/h4-6,13,16H,7-12,14-15H2,1-3H3. The Labute approximate surface area is 145 Å². The molecular formula is C20H30N2O2. The van der Waals surface area contributed by atoms with Gasteiger partial charge >= 0.3 is 0 Å². The van der Waals surface area contributed by atoms with Crippen LogP contribution in [0.15, 0.2) is 24.3 Å². The molecule has 1 saturated carbocycles. The lowest BCUT2D eigenvalue weighted by Crippen LogP contribution is -2.54. The van der Waals surface area contributed by atoms with E-state index in [0.29, 0.717) is 12.0 Å². The summed E-state index contributed by atoms with van der Waals surface area (Å²) in [6.07, 6.45) is 6.76. The lowest BCUT2D eigenvalue weighted by Gasteiger charge is -2.46. The molecule has 4 heteroatoms. The van der Waals surface area contributed by atoms with Gasteiger partial charge in [0.25, 0.3) is 0 Å². The van der Waals surface area contributed by atoms with Crippen LogP contribution >= 0.6 is 0 Å². The van der Waals surface area contributed by atoms with Gasteiger partial charge in [-0.15, -0.1) is 0 Å². The summed E-state index contributed by atoms with van der Waals surface area (Å²) in [5.74, 6) is 1.98. The number of piperidine rings is 1. The van der Waals surface area contributed by atoms with E-state index < -0.39 is 0 Å². The largest absolute Gasteiger partial charge is 0.497 e. The minimum atomic E-state index is 0.238. The Bertz CT molecular complexity index is 573. The van der Waals surface area contributed by atoms with E-state index in [4.69, 9.17) is 4.74 Å². The molecule has 2 fully saturated rings. The highest BCUT2D eigenvalue weighted by Gasteiger charge is 2.41. The molecule has 0 unspecified atom stereocenters. The summed E-state index contributed by atoms with van der Waals surface area (Å²) in [5, 5.41) is 0. The van der Waals surface area contributed by atoms with Crippen LogP contribution in [0.5, 0.6) is 5.75 Å². The van der Waals surface area contributed by atoms with E-state index >= 15 is 0 Å². The van der Waals surface area contributed by atoms with Crippen LogP contribution in [0.25, 0.3) is 0 Å². The minimum Gasteiger partial charge on any atom is -0.497 e. The summed E-state index contributed by atoms with van der Waals surface area (Å²) in [6, 6.07) is 7.82. The molecule has 3 rings (SSSR count). The van der Waals surface area contributed by atoms with Crippen LogP contribution in [-0.4, -0.2) is 55.5 Å². The van der Waals surface area contributed by atoms with E-state index in [-0.39, 0.29) is 5.91 Å². The summed E-state index contributed by atoms with van der Waals surface area (Å²) < 4.78 is 5.25. The van der Waals surface area contributed by atoms with Gasteiger partial charge in [0.05, 0.1) is 13.5 Å². The molecule has 0 aromatic heterocycles. The SMILES string of the molecule is COc1cccc(CC(=O)N2CCC(CC3CC3)(N(C)C)CC2)c1. The van der Waals surface area contributed by atoms with Crippen LogP contribution in [0.4, 0.5) is 0 Å².